The Morgan fingerprint density at radius 1 is 1.24 bits per heavy atom. The van der Waals surface area contributed by atoms with Crippen molar-refractivity contribution in [3.8, 4) is 0 Å². The van der Waals surface area contributed by atoms with E-state index in [4.69, 9.17) is 0 Å². The summed E-state index contributed by atoms with van der Waals surface area (Å²) in [6.45, 7) is 9.38. The van der Waals surface area contributed by atoms with Gasteiger partial charge in [0, 0.05) is 5.92 Å². The average molecular weight is 343 g/mol. The van der Waals surface area contributed by atoms with Crippen LogP contribution in [0.1, 0.15) is 85.5 Å². The molecule has 6 atom stereocenters. The molecule has 3 aliphatic carbocycles. The number of hydrogen-bond donors (Lipinski definition) is 0. The van der Waals surface area contributed by atoms with Crippen molar-refractivity contribution in [2.45, 2.75) is 85.5 Å². The van der Waals surface area contributed by atoms with E-state index in [1.807, 2.05) is 0 Å². The first-order valence-electron chi connectivity index (χ1n) is 10.8. The predicted octanol–water partition coefficient (Wildman–Crippen LogP) is 6.74. The first kappa shape index (κ1) is 18.9. The Labute approximate surface area is 155 Å². The zero-order valence-corrected chi connectivity index (χ0v) is 16.9. The smallest absolute Gasteiger partial charge is 0.123 e. The lowest BCUT2D eigenvalue weighted by atomic mass is 9.61. The molecule has 0 aromatic carbocycles. The molecule has 0 aromatic heterocycles. The average Bonchev–Trinajstić information content (AvgIpc) is 2.96. The number of carbonyl (C=O) groups is 1. The second kappa shape index (κ2) is 7.80. The molecular formula is C24H38O. The summed E-state index contributed by atoms with van der Waals surface area (Å²) < 4.78 is 0. The summed E-state index contributed by atoms with van der Waals surface area (Å²) in [5.41, 5.74) is 3.73. The van der Waals surface area contributed by atoms with Gasteiger partial charge in [0.15, 0.2) is 0 Å². The van der Waals surface area contributed by atoms with Gasteiger partial charge >= 0.3 is 0 Å². The molecule has 3 aliphatic rings. The molecule has 0 aliphatic heterocycles. The molecule has 3 rings (SSSR count). The molecule has 25 heavy (non-hydrogen) atoms. The molecule has 1 heteroatoms. The largest absolute Gasteiger partial charge is 0.303 e. The van der Waals surface area contributed by atoms with E-state index in [-0.39, 0.29) is 5.92 Å². The molecule has 1 nitrogen and oxygen atoms in total. The van der Waals surface area contributed by atoms with Gasteiger partial charge in [-0.1, -0.05) is 57.4 Å². The van der Waals surface area contributed by atoms with E-state index in [0.29, 0.717) is 17.3 Å². The van der Waals surface area contributed by atoms with Crippen molar-refractivity contribution in [1.29, 1.82) is 0 Å². The van der Waals surface area contributed by atoms with Crippen LogP contribution in [0.15, 0.2) is 23.3 Å². The molecule has 0 heterocycles. The van der Waals surface area contributed by atoms with Gasteiger partial charge in [-0.25, -0.2) is 0 Å². The predicted molar refractivity (Wildman–Crippen MR) is 106 cm³/mol. The summed E-state index contributed by atoms with van der Waals surface area (Å²) in [5, 5.41) is 0. The molecule has 0 radical (unpaired) electrons. The van der Waals surface area contributed by atoms with Crippen LogP contribution in [0.25, 0.3) is 0 Å². The summed E-state index contributed by atoms with van der Waals surface area (Å²) in [5.74, 6) is 3.27. The Bertz CT molecular complexity index is 542. The number of allylic oxidation sites excluding steroid dienone is 4. The minimum Gasteiger partial charge on any atom is -0.303 e. The monoisotopic (exact) mass is 342 g/mol. The van der Waals surface area contributed by atoms with Crippen molar-refractivity contribution in [3.63, 3.8) is 0 Å². The van der Waals surface area contributed by atoms with Gasteiger partial charge in [-0.05, 0) is 80.5 Å². The highest BCUT2D eigenvalue weighted by Gasteiger charge is 2.50. The molecule has 0 spiro atoms. The third-order valence-electron chi connectivity index (χ3n) is 7.89. The number of rotatable bonds is 4. The number of fused-ring (bicyclic) bond motifs is 1. The topological polar surface area (TPSA) is 17.1 Å². The zero-order valence-electron chi connectivity index (χ0n) is 16.9. The van der Waals surface area contributed by atoms with Gasteiger partial charge in [0.25, 0.3) is 0 Å². The molecular weight excluding hydrogens is 304 g/mol. The third kappa shape index (κ3) is 3.81. The van der Waals surface area contributed by atoms with Gasteiger partial charge in [-0.2, -0.15) is 0 Å². The molecule has 140 valence electrons. The maximum Gasteiger partial charge on any atom is 0.123 e. The van der Waals surface area contributed by atoms with E-state index >= 15 is 0 Å². The van der Waals surface area contributed by atoms with E-state index in [0.717, 1.165) is 11.8 Å². The first-order valence-corrected chi connectivity index (χ1v) is 10.8. The lowest BCUT2D eigenvalue weighted by Gasteiger charge is -2.43. The number of aldehydes is 1. The van der Waals surface area contributed by atoms with Crippen LogP contribution in [0.4, 0.5) is 0 Å². The fourth-order valence-electron chi connectivity index (χ4n) is 6.55. The van der Waals surface area contributed by atoms with Crippen LogP contribution >= 0.6 is 0 Å². The summed E-state index contributed by atoms with van der Waals surface area (Å²) in [6.07, 6.45) is 18.0. The SMILES string of the molecule is CCC1CC(=CC=C2CCCC3(C)C2CCC3C(C)C=O)CC(C)C1. The molecule has 0 saturated heterocycles. The van der Waals surface area contributed by atoms with E-state index in [1.165, 1.54) is 64.1 Å². The van der Waals surface area contributed by atoms with Crippen LogP contribution in [0.5, 0.6) is 0 Å². The third-order valence-corrected chi connectivity index (χ3v) is 7.89. The Balaban J connectivity index is 1.77. The van der Waals surface area contributed by atoms with Gasteiger partial charge in [0.05, 0.1) is 0 Å². The summed E-state index contributed by atoms with van der Waals surface area (Å²) >= 11 is 0. The first-order chi connectivity index (χ1) is 12.0. The Morgan fingerprint density at radius 3 is 2.76 bits per heavy atom. The Kier molecular flexibility index (Phi) is 5.91. The molecule has 0 N–H and O–H groups in total. The van der Waals surface area contributed by atoms with E-state index in [9.17, 15) is 4.79 Å². The zero-order chi connectivity index (χ0) is 18.0. The van der Waals surface area contributed by atoms with Crippen molar-refractivity contribution in [3.05, 3.63) is 23.3 Å². The summed E-state index contributed by atoms with van der Waals surface area (Å²) in [4.78, 5) is 11.4. The minimum atomic E-state index is 0.220. The van der Waals surface area contributed by atoms with Crippen LogP contribution in [-0.4, -0.2) is 6.29 Å². The molecule has 0 aromatic rings. The van der Waals surface area contributed by atoms with Crippen molar-refractivity contribution >= 4 is 6.29 Å². The maximum absolute atomic E-state index is 11.4. The fraction of sp³-hybridized carbons (Fsp3) is 0.792. The van der Waals surface area contributed by atoms with Gasteiger partial charge < -0.3 is 4.79 Å². The van der Waals surface area contributed by atoms with Crippen LogP contribution in [0.2, 0.25) is 0 Å². The number of hydrogen-bond acceptors (Lipinski definition) is 1. The molecule has 0 bridgehead atoms. The standard InChI is InChI=1S/C24H38O/c1-5-19-13-17(2)14-20(15-19)8-9-21-7-6-12-24(4)22(18(3)16-25)10-11-23(21)24/h8-9,16-19,22-23H,5-7,10-15H2,1-4H3. The highest BCUT2D eigenvalue weighted by Crippen LogP contribution is 2.59. The van der Waals surface area contributed by atoms with Gasteiger partial charge in [0.1, 0.15) is 6.29 Å². The molecule has 0 amide bonds. The van der Waals surface area contributed by atoms with Gasteiger partial charge in [-0.15, -0.1) is 0 Å². The summed E-state index contributed by atoms with van der Waals surface area (Å²) in [6, 6.07) is 0. The van der Waals surface area contributed by atoms with Crippen LogP contribution in [0.3, 0.4) is 0 Å². The van der Waals surface area contributed by atoms with Gasteiger partial charge in [-0.3, -0.25) is 0 Å². The number of carbonyl (C=O) groups excluding carboxylic acids is 1. The van der Waals surface area contributed by atoms with Crippen LogP contribution in [-0.2, 0) is 4.79 Å². The molecule has 6 unspecified atom stereocenters. The molecule has 3 saturated carbocycles. The second-order valence-electron chi connectivity index (χ2n) is 9.68. The van der Waals surface area contributed by atoms with Crippen molar-refractivity contribution < 1.29 is 4.79 Å². The van der Waals surface area contributed by atoms with Crippen molar-refractivity contribution in [2.24, 2.45) is 35.0 Å². The van der Waals surface area contributed by atoms with E-state index < -0.39 is 0 Å². The van der Waals surface area contributed by atoms with Crippen LogP contribution < -0.4 is 0 Å². The Hall–Kier alpha value is -0.850. The van der Waals surface area contributed by atoms with Crippen LogP contribution in [0, 0.1) is 35.0 Å². The lowest BCUT2D eigenvalue weighted by molar-refractivity contribution is -0.113. The maximum atomic E-state index is 11.4. The lowest BCUT2D eigenvalue weighted by Crippen LogP contribution is -2.36. The van der Waals surface area contributed by atoms with E-state index in [1.54, 1.807) is 11.1 Å². The second-order valence-corrected chi connectivity index (χ2v) is 9.68. The normalized spacial score (nSPS) is 43.2. The minimum absolute atomic E-state index is 0.220. The van der Waals surface area contributed by atoms with Crippen molar-refractivity contribution in [2.75, 3.05) is 0 Å². The highest BCUT2D eigenvalue weighted by atomic mass is 16.1. The van der Waals surface area contributed by atoms with Gasteiger partial charge in [0.2, 0.25) is 0 Å². The molecule has 3 fully saturated rings. The summed E-state index contributed by atoms with van der Waals surface area (Å²) in [7, 11) is 0. The van der Waals surface area contributed by atoms with Crippen molar-refractivity contribution in [1.82, 2.24) is 0 Å². The fourth-order valence-corrected chi connectivity index (χ4v) is 6.55. The quantitative estimate of drug-likeness (QED) is 0.517. The van der Waals surface area contributed by atoms with E-state index in [2.05, 4.69) is 39.8 Å². The Morgan fingerprint density at radius 2 is 2.04 bits per heavy atom. The highest BCUT2D eigenvalue weighted by molar-refractivity contribution is 5.54.